The van der Waals surface area contributed by atoms with E-state index in [4.69, 9.17) is 16.3 Å². The van der Waals surface area contributed by atoms with Crippen molar-refractivity contribution < 1.29 is 14.3 Å². The number of aryl methyl sites for hydroxylation is 1. The lowest BCUT2D eigenvalue weighted by molar-refractivity contribution is 0.0600. The van der Waals surface area contributed by atoms with Gasteiger partial charge in [-0.15, -0.1) is 0 Å². The lowest BCUT2D eigenvalue weighted by Crippen LogP contribution is -2.02. The SMILES string of the molecule is COC(=O)c1ccc(COc2ccc(/C=N\Nc3ccc(C)c(Cl)c3)cc2)cc1. The van der Waals surface area contributed by atoms with Crippen molar-refractivity contribution in [3.8, 4) is 5.75 Å². The van der Waals surface area contributed by atoms with Gasteiger partial charge in [0.05, 0.1) is 24.6 Å². The molecule has 0 saturated carbocycles. The van der Waals surface area contributed by atoms with E-state index in [0.29, 0.717) is 17.2 Å². The summed E-state index contributed by atoms with van der Waals surface area (Å²) in [5.41, 5.74) is 7.23. The fraction of sp³-hybridized carbons (Fsp3) is 0.130. The van der Waals surface area contributed by atoms with Gasteiger partial charge in [-0.25, -0.2) is 4.79 Å². The van der Waals surface area contributed by atoms with Crippen molar-refractivity contribution in [1.29, 1.82) is 0 Å². The zero-order chi connectivity index (χ0) is 20.6. The number of anilines is 1. The van der Waals surface area contributed by atoms with Crippen LogP contribution in [0.3, 0.4) is 0 Å². The predicted molar refractivity (Wildman–Crippen MR) is 116 cm³/mol. The number of hydrazone groups is 1. The second-order valence-electron chi connectivity index (χ2n) is 6.38. The molecule has 148 valence electrons. The Bertz CT molecular complexity index is 1000. The van der Waals surface area contributed by atoms with Crippen LogP contribution in [-0.4, -0.2) is 19.3 Å². The van der Waals surface area contributed by atoms with E-state index in [1.165, 1.54) is 7.11 Å². The standard InChI is InChI=1S/C23H21ClN2O3/c1-16-3-10-20(13-22(16)24)26-25-14-17-6-11-21(12-7-17)29-15-18-4-8-19(9-5-18)23(27)28-2/h3-14,26H,15H2,1-2H3/b25-14-. The first-order valence-electron chi connectivity index (χ1n) is 9.00. The largest absolute Gasteiger partial charge is 0.489 e. The molecule has 0 saturated heterocycles. The maximum Gasteiger partial charge on any atom is 0.337 e. The highest BCUT2D eigenvalue weighted by atomic mass is 35.5. The molecule has 6 heteroatoms. The summed E-state index contributed by atoms with van der Waals surface area (Å²) in [5, 5.41) is 4.92. The van der Waals surface area contributed by atoms with Crippen molar-refractivity contribution in [2.24, 2.45) is 5.10 Å². The van der Waals surface area contributed by atoms with Crippen molar-refractivity contribution >= 4 is 29.5 Å². The van der Waals surface area contributed by atoms with Gasteiger partial charge in [0.1, 0.15) is 12.4 Å². The lowest BCUT2D eigenvalue weighted by atomic mass is 10.1. The molecule has 0 fully saturated rings. The molecule has 0 heterocycles. The number of hydrogen-bond acceptors (Lipinski definition) is 5. The summed E-state index contributed by atoms with van der Waals surface area (Å²) in [4.78, 5) is 11.4. The average Bonchev–Trinajstić information content (AvgIpc) is 2.75. The van der Waals surface area contributed by atoms with Gasteiger partial charge in [0.2, 0.25) is 0 Å². The Morgan fingerprint density at radius 1 is 1.07 bits per heavy atom. The molecule has 0 unspecified atom stereocenters. The van der Waals surface area contributed by atoms with E-state index in [0.717, 1.165) is 28.1 Å². The third-order valence-electron chi connectivity index (χ3n) is 4.24. The highest BCUT2D eigenvalue weighted by molar-refractivity contribution is 6.31. The molecule has 0 aliphatic carbocycles. The number of carbonyl (C=O) groups excluding carboxylic acids is 1. The number of benzene rings is 3. The molecule has 0 atom stereocenters. The van der Waals surface area contributed by atoms with E-state index in [-0.39, 0.29) is 5.97 Å². The second-order valence-corrected chi connectivity index (χ2v) is 6.79. The lowest BCUT2D eigenvalue weighted by Gasteiger charge is -2.07. The second kappa shape index (κ2) is 9.75. The summed E-state index contributed by atoms with van der Waals surface area (Å²) in [7, 11) is 1.36. The highest BCUT2D eigenvalue weighted by Gasteiger charge is 2.04. The molecule has 3 rings (SSSR count). The van der Waals surface area contributed by atoms with Gasteiger partial charge < -0.3 is 9.47 Å². The zero-order valence-electron chi connectivity index (χ0n) is 16.2. The Morgan fingerprint density at radius 3 is 2.45 bits per heavy atom. The number of ether oxygens (including phenoxy) is 2. The van der Waals surface area contributed by atoms with E-state index in [1.807, 2.05) is 61.5 Å². The maximum absolute atomic E-state index is 11.4. The summed E-state index contributed by atoms with van der Waals surface area (Å²) in [6.45, 7) is 2.36. The molecule has 0 amide bonds. The van der Waals surface area contributed by atoms with E-state index in [2.05, 4.69) is 15.3 Å². The number of rotatable bonds is 7. The fourth-order valence-corrected chi connectivity index (χ4v) is 2.70. The first-order chi connectivity index (χ1) is 14.0. The monoisotopic (exact) mass is 408 g/mol. The molecule has 1 N–H and O–H groups in total. The summed E-state index contributed by atoms with van der Waals surface area (Å²) >= 11 is 6.10. The van der Waals surface area contributed by atoms with Crippen molar-refractivity contribution in [2.45, 2.75) is 13.5 Å². The van der Waals surface area contributed by atoms with E-state index in [1.54, 1.807) is 18.3 Å². The summed E-state index contributed by atoms with van der Waals surface area (Å²) in [6.07, 6.45) is 1.73. The van der Waals surface area contributed by atoms with Gasteiger partial charge in [-0.2, -0.15) is 5.10 Å². The molecule has 0 bridgehead atoms. The molecule has 3 aromatic rings. The van der Waals surface area contributed by atoms with Gasteiger partial charge in [0, 0.05) is 5.02 Å². The minimum atomic E-state index is -0.352. The van der Waals surface area contributed by atoms with Crippen LogP contribution in [0, 0.1) is 6.92 Å². The first-order valence-corrected chi connectivity index (χ1v) is 9.38. The number of carbonyl (C=O) groups is 1. The Morgan fingerprint density at radius 2 is 1.79 bits per heavy atom. The van der Waals surface area contributed by atoms with Crippen LogP contribution in [-0.2, 0) is 11.3 Å². The fourth-order valence-electron chi connectivity index (χ4n) is 2.52. The topological polar surface area (TPSA) is 59.9 Å². The molecule has 0 spiro atoms. The van der Waals surface area contributed by atoms with Crippen molar-refractivity contribution in [2.75, 3.05) is 12.5 Å². The van der Waals surface area contributed by atoms with Crippen molar-refractivity contribution in [1.82, 2.24) is 0 Å². The van der Waals surface area contributed by atoms with Crippen molar-refractivity contribution in [3.63, 3.8) is 0 Å². The number of nitrogens with one attached hydrogen (secondary N) is 1. The molecule has 0 radical (unpaired) electrons. The number of nitrogens with zero attached hydrogens (tertiary/aromatic N) is 1. The number of esters is 1. The van der Waals surface area contributed by atoms with Crippen LogP contribution in [0.5, 0.6) is 5.75 Å². The Kier molecular flexibility index (Phi) is 6.87. The maximum atomic E-state index is 11.4. The number of halogens is 1. The summed E-state index contributed by atoms with van der Waals surface area (Å²) < 4.78 is 10.5. The minimum Gasteiger partial charge on any atom is -0.489 e. The molecule has 29 heavy (non-hydrogen) atoms. The molecular formula is C23H21ClN2O3. The molecular weight excluding hydrogens is 388 g/mol. The summed E-state index contributed by atoms with van der Waals surface area (Å²) in [6, 6.07) is 20.4. The molecule has 3 aromatic carbocycles. The van der Waals surface area contributed by atoms with Gasteiger partial charge in [0.15, 0.2) is 0 Å². The minimum absolute atomic E-state index is 0.352. The summed E-state index contributed by atoms with van der Waals surface area (Å²) in [5.74, 6) is 0.396. The molecule has 5 nitrogen and oxygen atoms in total. The van der Waals surface area contributed by atoms with Gasteiger partial charge in [0.25, 0.3) is 0 Å². The van der Waals surface area contributed by atoms with Crippen LogP contribution >= 0.6 is 11.6 Å². The third-order valence-corrected chi connectivity index (χ3v) is 4.65. The van der Waals surface area contributed by atoms with Crippen molar-refractivity contribution in [3.05, 3.63) is 94.0 Å². The van der Waals surface area contributed by atoms with Gasteiger partial charge >= 0.3 is 5.97 Å². The van der Waals surface area contributed by atoms with Crippen LogP contribution in [0.2, 0.25) is 5.02 Å². The quantitative estimate of drug-likeness (QED) is 0.320. The van der Waals surface area contributed by atoms with Gasteiger partial charge in [-0.1, -0.05) is 29.8 Å². The molecule has 0 aliphatic heterocycles. The average molecular weight is 409 g/mol. The number of hydrogen-bond donors (Lipinski definition) is 1. The number of methoxy groups -OCH3 is 1. The van der Waals surface area contributed by atoms with E-state index < -0.39 is 0 Å². The molecule has 0 aliphatic rings. The van der Waals surface area contributed by atoms with Crippen LogP contribution in [0.1, 0.15) is 27.0 Å². The Balaban J connectivity index is 1.51. The first kappa shape index (κ1) is 20.4. The van der Waals surface area contributed by atoms with E-state index >= 15 is 0 Å². The van der Waals surface area contributed by atoms with Crippen LogP contribution < -0.4 is 10.2 Å². The smallest absolute Gasteiger partial charge is 0.337 e. The van der Waals surface area contributed by atoms with Gasteiger partial charge in [-0.3, -0.25) is 5.43 Å². The third kappa shape index (κ3) is 5.83. The Labute approximate surface area is 174 Å². The van der Waals surface area contributed by atoms with Gasteiger partial charge in [-0.05, 0) is 72.1 Å². The van der Waals surface area contributed by atoms with E-state index in [9.17, 15) is 4.79 Å². The predicted octanol–water partition coefficient (Wildman–Crippen LogP) is 5.46. The zero-order valence-corrected chi connectivity index (χ0v) is 16.9. The highest BCUT2D eigenvalue weighted by Crippen LogP contribution is 2.20. The van der Waals surface area contributed by atoms with Crippen LogP contribution in [0.25, 0.3) is 0 Å². The molecule has 0 aromatic heterocycles. The van der Waals surface area contributed by atoms with Crippen LogP contribution in [0.4, 0.5) is 5.69 Å². The van der Waals surface area contributed by atoms with Crippen LogP contribution in [0.15, 0.2) is 71.8 Å². The normalized spacial score (nSPS) is 10.7. The Hall–Kier alpha value is -3.31.